The summed E-state index contributed by atoms with van der Waals surface area (Å²) in [7, 11) is 0. The van der Waals surface area contributed by atoms with Crippen molar-refractivity contribution < 1.29 is 9.53 Å². The molecule has 14 heavy (non-hydrogen) atoms. The highest BCUT2D eigenvalue weighted by atomic mass is 32.1. The molecule has 1 amide bonds. The summed E-state index contributed by atoms with van der Waals surface area (Å²) in [6.45, 7) is 1.85. The molecule has 0 aromatic rings. The molecule has 0 bridgehead atoms. The van der Waals surface area contributed by atoms with Crippen LogP contribution in [0.1, 0.15) is 19.3 Å². The van der Waals surface area contributed by atoms with Crippen LogP contribution in [0.25, 0.3) is 0 Å². The fourth-order valence-corrected chi connectivity index (χ4v) is 1.50. The van der Waals surface area contributed by atoms with Crippen LogP contribution in [0.15, 0.2) is 0 Å². The topological polar surface area (TPSA) is 64.3 Å². The van der Waals surface area contributed by atoms with Gasteiger partial charge in [0.15, 0.2) is 0 Å². The Hall–Kier alpha value is -0.680. The Morgan fingerprint density at radius 2 is 2.43 bits per heavy atom. The van der Waals surface area contributed by atoms with Crippen LogP contribution in [-0.2, 0) is 9.53 Å². The highest BCUT2D eigenvalue weighted by Gasteiger charge is 2.20. The van der Waals surface area contributed by atoms with Crippen molar-refractivity contribution in [1.29, 1.82) is 0 Å². The molecule has 1 aliphatic heterocycles. The molecule has 0 aromatic heterocycles. The minimum absolute atomic E-state index is 0.00935. The highest BCUT2D eigenvalue weighted by Crippen LogP contribution is 2.13. The number of nitrogens with two attached hydrogens (primary N) is 1. The molecular formula is C9H16N2O2S. The van der Waals surface area contributed by atoms with Crippen molar-refractivity contribution in [2.24, 2.45) is 11.7 Å². The summed E-state index contributed by atoms with van der Waals surface area (Å²) >= 11 is 4.71. The zero-order valence-corrected chi connectivity index (χ0v) is 8.94. The smallest absolute Gasteiger partial charge is 0.225 e. The van der Waals surface area contributed by atoms with Gasteiger partial charge < -0.3 is 15.8 Å². The molecular weight excluding hydrogens is 200 g/mol. The van der Waals surface area contributed by atoms with Gasteiger partial charge in [-0.25, -0.2) is 0 Å². The van der Waals surface area contributed by atoms with E-state index in [2.05, 4.69) is 5.32 Å². The lowest BCUT2D eigenvalue weighted by atomic mass is 10.0. The number of hydrogen-bond donors (Lipinski definition) is 2. The number of thiocarbonyl (C=S) groups is 1. The minimum atomic E-state index is 0.00935. The van der Waals surface area contributed by atoms with Crippen LogP contribution < -0.4 is 11.1 Å². The molecule has 1 unspecified atom stereocenters. The quantitative estimate of drug-likeness (QED) is 0.659. The van der Waals surface area contributed by atoms with Gasteiger partial charge in [0.2, 0.25) is 5.91 Å². The lowest BCUT2D eigenvalue weighted by Crippen LogP contribution is -2.36. The average molecular weight is 216 g/mol. The van der Waals surface area contributed by atoms with Crippen molar-refractivity contribution in [2.75, 3.05) is 19.8 Å². The molecule has 0 aromatic carbocycles. The van der Waals surface area contributed by atoms with Crippen LogP contribution in [-0.4, -0.2) is 30.7 Å². The minimum Gasteiger partial charge on any atom is -0.393 e. The first-order valence-electron chi connectivity index (χ1n) is 4.84. The standard InChI is InChI=1S/C9H16N2O2S/c10-8(14)3-4-11-9(12)7-2-1-5-13-6-7/h7H,1-6H2,(H2,10,14)(H,11,12). The van der Waals surface area contributed by atoms with Gasteiger partial charge in [-0.05, 0) is 12.8 Å². The molecule has 1 atom stereocenters. The number of carbonyl (C=O) groups is 1. The van der Waals surface area contributed by atoms with Crippen molar-refractivity contribution in [3.8, 4) is 0 Å². The number of hydrogen-bond acceptors (Lipinski definition) is 3. The summed E-state index contributed by atoms with van der Waals surface area (Å²) < 4.78 is 5.22. The number of ether oxygens (including phenoxy) is 1. The Kier molecular flexibility index (Phi) is 4.82. The van der Waals surface area contributed by atoms with Gasteiger partial charge in [0.1, 0.15) is 0 Å². The number of amides is 1. The van der Waals surface area contributed by atoms with Crippen molar-refractivity contribution in [2.45, 2.75) is 19.3 Å². The third-order valence-corrected chi connectivity index (χ3v) is 2.41. The largest absolute Gasteiger partial charge is 0.393 e. The van der Waals surface area contributed by atoms with Crippen LogP contribution in [0.5, 0.6) is 0 Å². The first-order valence-corrected chi connectivity index (χ1v) is 5.24. The fraction of sp³-hybridized carbons (Fsp3) is 0.778. The first kappa shape index (κ1) is 11.4. The maximum atomic E-state index is 11.5. The highest BCUT2D eigenvalue weighted by molar-refractivity contribution is 7.80. The lowest BCUT2D eigenvalue weighted by molar-refractivity contribution is -0.128. The molecule has 1 heterocycles. The molecule has 1 aliphatic rings. The fourth-order valence-electron chi connectivity index (χ4n) is 1.40. The maximum absolute atomic E-state index is 11.5. The van der Waals surface area contributed by atoms with E-state index < -0.39 is 0 Å². The second kappa shape index (κ2) is 5.93. The van der Waals surface area contributed by atoms with E-state index in [9.17, 15) is 4.79 Å². The van der Waals surface area contributed by atoms with E-state index in [0.29, 0.717) is 24.6 Å². The van der Waals surface area contributed by atoms with Crippen molar-refractivity contribution in [1.82, 2.24) is 5.32 Å². The Morgan fingerprint density at radius 1 is 1.64 bits per heavy atom. The van der Waals surface area contributed by atoms with Gasteiger partial charge in [0, 0.05) is 19.6 Å². The van der Waals surface area contributed by atoms with E-state index in [0.717, 1.165) is 19.4 Å². The Bertz CT molecular complexity index is 215. The van der Waals surface area contributed by atoms with E-state index in [-0.39, 0.29) is 11.8 Å². The van der Waals surface area contributed by atoms with Crippen LogP contribution in [0.2, 0.25) is 0 Å². The van der Waals surface area contributed by atoms with Gasteiger partial charge in [0.05, 0.1) is 17.5 Å². The maximum Gasteiger partial charge on any atom is 0.225 e. The molecule has 4 nitrogen and oxygen atoms in total. The molecule has 0 saturated carbocycles. The second-order valence-electron chi connectivity index (χ2n) is 3.42. The zero-order chi connectivity index (χ0) is 10.4. The Labute approximate surface area is 89.2 Å². The average Bonchev–Trinajstić information content (AvgIpc) is 2.18. The van der Waals surface area contributed by atoms with Gasteiger partial charge in [-0.3, -0.25) is 4.79 Å². The third kappa shape index (κ3) is 4.02. The Balaban J connectivity index is 2.16. The number of carbonyl (C=O) groups excluding carboxylic acids is 1. The van der Waals surface area contributed by atoms with Crippen molar-refractivity contribution >= 4 is 23.1 Å². The molecule has 1 rings (SSSR count). The number of nitrogens with one attached hydrogen (secondary N) is 1. The van der Waals surface area contributed by atoms with Crippen molar-refractivity contribution in [3.05, 3.63) is 0 Å². The SMILES string of the molecule is NC(=S)CCNC(=O)C1CCCOC1. The van der Waals surface area contributed by atoms with Crippen LogP contribution >= 0.6 is 12.2 Å². The lowest BCUT2D eigenvalue weighted by Gasteiger charge is -2.21. The van der Waals surface area contributed by atoms with Crippen LogP contribution in [0.4, 0.5) is 0 Å². The number of rotatable bonds is 4. The van der Waals surface area contributed by atoms with E-state index in [1.165, 1.54) is 0 Å². The van der Waals surface area contributed by atoms with Gasteiger partial charge >= 0.3 is 0 Å². The monoisotopic (exact) mass is 216 g/mol. The summed E-state index contributed by atoms with van der Waals surface area (Å²) in [6, 6.07) is 0. The molecule has 1 saturated heterocycles. The predicted octanol–water partition coefficient (Wildman–Crippen LogP) is 0.205. The molecule has 0 aliphatic carbocycles. The van der Waals surface area contributed by atoms with E-state index in [1.54, 1.807) is 0 Å². The molecule has 80 valence electrons. The van der Waals surface area contributed by atoms with Crippen molar-refractivity contribution in [3.63, 3.8) is 0 Å². The van der Waals surface area contributed by atoms with Crippen LogP contribution in [0.3, 0.4) is 0 Å². The molecule has 3 N–H and O–H groups in total. The summed E-state index contributed by atoms with van der Waals surface area (Å²) in [5.74, 6) is 0.0658. The summed E-state index contributed by atoms with van der Waals surface area (Å²) in [4.78, 5) is 11.9. The normalized spacial score (nSPS) is 21.6. The summed E-state index contributed by atoms with van der Waals surface area (Å²) in [5, 5.41) is 2.80. The van der Waals surface area contributed by atoms with Gasteiger partial charge in [-0.2, -0.15) is 0 Å². The molecule has 1 fully saturated rings. The van der Waals surface area contributed by atoms with E-state index in [4.69, 9.17) is 22.7 Å². The molecule has 0 radical (unpaired) electrons. The van der Waals surface area contributed by atoms with E-state index in [1.807, 2.05) is 0 Å². The van der Waals surface area contributed by atoms with E-state index >= 15 is 0 Å². The molecule has 0 spiro atoms. The van der Waals surface area contributed by atoms with Crippen LogP contribution in [0, 0.1) is 5.92 Å². The Morgan fingerprint density at radius 3 is 3.00 bits per heavy atom. The van der Waals surface area contributed by atoms with Gasteiger partial charge in [-0.15, -0.1) is 0 Å². The second-order valence-corrected chi connectivity index (χ2v) is 3.95. The first-order chi connectivity index (χ1) is 6.70. The third-order valence-electron chi connectivity index (χ3n) is 2.20. The van der Waals surface area contributed by atoms with Gasteiger partial charge in [0.25, 0.3) is 0 Å². The zero-order valence-electron chi connectivity index (χ0n) is 8.12. The van der Waals surface area contributed by atoms with Gasteiger partial charge in [-0.1, -0.05) is 12.2 Å². The molecule has 5 heteroatoms. The summed E-state index contributed by atoms with van der Waals surface area (Å²) in [5.41, 5.74) is 5.31. The summed E-state index contributed by atoms with van der Waals surface area (Å²) in [6.07, 6.45) is 2.45. The predicted molar refractivity (Wildman–Crippen MR) is 58.0 cm³/mol.